The predicted octanol–water partition coefficient (Wildman–Crippen LogP) is 12.0. The molecular formula is C44H29N3O. The lowest BCUT2D eigenvalue weighted by Crippen LogP contribution is -2.15. The standard InChI is InChI=1S/C44H29N3O/c1-2-10-30(11-3-1)31-18-20-32(21-19-31)45-29-28-37-38(45)27-26-36-35-12-4-5-13-39(35)47(44(36)37)34-24-22-33(23-25-34)46-40-14-6-8-16-42(40)48-43-17-9-7-15-41(43)46/h1-29H. The molecule has 226 valence electrons. The van der Waals surface area contributed by atoms with Crippen molar-refractivity contribution in [2.45, 2.75) is 0 Å². The summed E-state index contributed by atoms with van der Waals surface area (Å²) >= 11 is 0. The van der Waals surface area contributed by atoms with Crippen molar-refractivity contribution in [1.82, 2.24) is 9.13 Å². The summed E-state index contributed by atoms with van der Waals surface area (Å²) in [6.07, 6.45) is 2.19. The molecule has 1 aliphatic heterocycles. The number of para-hydroxylation sites is 5. The summed E-state index contributed by atoms with van der Waals surface area (Å²) in [6.45, 7) is 0. The number of anilines is 3. The van der Waals surface area contributed by atoms with E-state index in [0.717, 1.165) is 39.9 Å². The molecule has 0 N–H and O–H groups in total. The molecule has 0 fully saturated rings. The Kier molecular flexibility index (Phi) is 5.84. The molecule has 3 heterocycles. The second-order valence-electron chi connectivity index (χ2n) is 12.2. The molecule has 0 atom stereocenters. The van der Waals surface area contributed by atoms with Crippen LogP contribution in [0.15, 0.2) is 176 Å². The van der Waals surface area contributed by atoms with Crippen LogP contribution < -0.4 is 9.64 Å². The number of nitrogens with zero attached hydrogens (tertiary/aromatic N) is 3. The van der Waals surface area contributed by atoms with Crippen LogP contribution in [0.25, 0.3) is 55.2 Å². The molecule has 0 saturated heterocycles. The first-order valence-corrected chi connectivity index (χ1v) is 16.3. The maximum Gasteiger partial charge on any atom is 0.151 e. The summed E-state index contributed by atoms with van der Waals surface area (Å²) in [7, 11) is 0. The van der Waals surface area contributed by atoms with E-state index in [-0.39, 0.29) is 0 Å². The maximum atomic E-state index is 6.26. The molecule has 1 aliphatic rings. The van der Waals surface area contributed by atoms with Gasteiger partial charge in [-0.2, -0.15) is 0 Å². The van der Waals surface area contributed by atoms with E-state index in [1.165, 1.54) is 43.8 Å². The van der Waals surface area contributed by atoms with Gasteiger partial charge in [0, 0.05) is 39.4 Å². The lowest BCUT2D eigenvalue weighted by Gasteiger charge is -2.32. The molecule has 0 unspecified atom stereocenters. The molecule has 2 aromatic heterocycles. The summed E-state index contributed by atoms with van der Waals surface area (Å²) in [5.41, 5.74) is 11.4. The van der Waals surface area contributed by atoms with Crippen LogP contribution in [0, 0.1) is 0 Å². The SMILES string of the molecule is c1ccc(-c2ccc(-n3ccc4c3ccc3c5ccccc5n(-c5ccc(N6c7ccccc7Oc7ccccc76)cc5)c34)cc2)cc1. The fourth-order valence-electron chi connectivity index (χ4n) is 7.35. The minimum absolute atomic E-state index is 0.851. The third-order valence-electron chi connectivity index (χ3n) is 9.55. The Labute approximate surface area is 277 Å². The smallest absolute Gasteiger partial charge is 0.151 e. The highest BCUT2D eigenvalue weighted by Gasteiger charge is 2.25. The average Bonchev–Trinajstić information content (AvgIpc) is 3.74. The van der Waals surface area contributed by atoms with E-state index < -0.39 is 0 Å². The van der Waals surface area contributed by atoms with Crippen molar-refractivity contribution < 1.29 is 4.74 Å². The number of fused-ring (bicyclic) bond motifs is 7. The van der Waals surface area contributed by atoms with Gasteiger partial charge in [0.05, 0.1) is 27.9 Å². The Morgan fingerprint density at radius 3 is 1.73 bits per heavy atom. The molecule has 0 saturated carbocycles. The van der Waals surface area contributed by atoms with Gasteiger partial charge in [0.2, 0.25) is 0 Å². The van der Waals surface area contributed by atoms with Gasteiger partial charge in [-0.05, 0) is 90.0 Å². The first-order chi connectivity index (χ1) is 23.8. The number of hydrogen-bond acceptors (Lipinski definition) is 2. The van der Waals surface area contributed by atoms with E-state index in [9.17, 15) is 0 Å². The number of rotatable bonds is 4. The zero-order chi connectivity index (χ0) is 31.6. The topological polar surface area (TPSA) is 22.3 Å². The Morgan fingerprint density at radius 1 is 0.375 bits per heavy atom. The molecule has 4 nitrogen and oxygen atoms in total. The summed E-state index contributed by atoms with van der Waals surface area (Å²) in [4.78, 5) is 2.28. The van der Waals surface area contributed by atoms with Crippen molar-refractivity contribution in [2.75, 3.05) is 4.90 Å². The van der Waals surface area contributed by atoms with Gasteiger partial charge in [0.1, 0.15) is 0 Å². The molecule has 0 spiro atoms. The highest BCUT2D eigenvalue weighted by molar-refractivity contribution is 6.18. The van der Waals surface area contributed by atoms with Gasteiger partial charge in [-0.15, -0.1) is 0 Å². The van der Waals surface area contributed by atoms with Crippen LogP contribution >= 0.6 is 0 Å². The summed E-state index contributed by atoms with van der Waals surface area (Å²) < 4.78 is 11.0. The molecular weight excluding hydrogens is 587 g/mol. The fourth-order valence-corrected chi connectivity index (χ4v) is 7.35. The van der Waals surface area contributed by atoms with Crippen LogP contribution in [0.5, 0.6) is 11.5 Å². The van der Waals surface area contributed by atoms with E-state index in [1.54, 1.807) is 0 Å². The number of ether oxygens (including phenoxy) is 1. The van der Waals surface area contributed by atoms with E-state index in [4.69, 9.17) is 4.74 Å². The minimum atomic E-state index is 0.851. The largest absolute Gasteiger partial charge is 0.453 e. The lowest BCUT2D eigenvalue weighted by atomic mass is 10.1. The molecule has 4 heteroatoms. The zero-order valence-electron chi connectivity index (χ0n) is 26.0. The summed E-state index contributed by atoms with van der Waals surface area (Å²) in [5.74, 6) is 1.70. The van der Waals surface area contributed by atoms with Gasteiger partial charge in [-0.3, -0.25) is 0 Å². The van der Waals surface area contributed by atoms with Crippen molar-refractivity contribution in [2.24, 2.45) is 0 Å². The molecule has 9 aromatic rings. The monoisotopic (exact) mass is 615 g/mol. The molecule has 0 radical (unpaired) electrons. The second kappa shape index (κ2) is 10.5. The summed E-state index contributed by atoms with van der Waals surface area (Å²) in [6, 6.07) is 60.2. The highest BCUT2D eigenvalue weighted by atomic mass is 16.5. The average molecular weight is 616 g/mol. The van der Waals surface area contributed by atoms with E-state index in [2.05, 4.69) is 166 Å². The maximum absolute atomic E-state index is 6.26. The van der Waals surface area contributed by atoms with E-state index >= 15 is 0 Å². The highest BCUT2D eigenvalue weighted by Crippen LogP contribution is 2.50. The van der Waals surface area contributed by atoms with Gasteiger partial charge >= 0.3 is 0 Å². The number of benzene rings is 7. The Bertz CT molecular complexity index is 2590. The minimum Gasteiger partial charge on any atom is -0.453 e. The third kappa shape index (κ3) is 4.03. The Hall–Kier alpha value is -6.52. The fraction of sp³-hybridized carbons (Fsp3) is 0. The molecule has 0 bridgehead atoms. The normalized spacial score (nSPS) is 12.3. The van der Waals surface area contributed by atoms with Crippen LogP contribution in [-0.4, -0.2) is 9.13 Å². The van der Waals surface area contributed by atoms with Gasteiger partial charge in [0.15, 0.2) is 11.5 Å². The van der Waals surface area contributed by atoms with Crippen LogP contribution in [0.3, 0.4) is 0 Å². The molecule has 48 heavy (non-hydrogen) atoms. The first-order valence-electron chi connectivity index (χ1n) is 16.3. The van der Waals surface area contributed by atoms with Gasteiger partial charge < -0.3 is 18.8 Å². The number of hydrogen-bond donors (Lipinski definition) is 0. The van der Waals surface area contributed by atoms with Gasteiger partial charge in [-0.1, -0.05) is 91.0 Å². The lowest BCUT2D eigenvalue weighted by molar-refractivity contribution is 0.477. The quantitative estimate of drug-likeness (QED) is 0.197. The van der Waals surface area contributed by atoms with Gasteiger partial charge in [-0.25, -0.2) is 0 Å². The van der Waals surface area contributed by atoms with Crippen molar-refractivity contribution in [3.05, 3.63) is 176 Å². The van der Waals surface area contributed by atoms with E-state index in [1.807, 2.05) is 24.3 Å². The molecule has 10 rings (SSSR count). The van der Waals surface area contributed by atoms with Crippen LogP contribution in [0.4, 0.5) is 17.1 Å². The Morgan fingerprint density at radius 2 is 0.979 bits per heavy atom. The molecule has 0 aliphatic carbocycles. The zero-order valence-corrected chi connectivity index (χ0v) is 26.0. The molecule has 7 aromatic carbocycles. The van der Waals surface area contributed by atoms with Crippen molar-refractivity contribution >= 4 is 49.8 Å². The summed E-state index contributed by atoms with van der Waals surface area (Å²) in [5, 5.41) is 3.71. The molecule has 0 amide bonds. The number of aromatic nitrogens is 2. The van der Waals surface area contributed by atoms with Crippen LogP contribution in [-0.2, 0) is 0 Å². The van der Waals surface area contributed by atoms with Crippen molar-refractivity contribution in [1.29, 1.82) is 0 Å². The second-order valence-corrected chi connectivity index (χ2v) is 12.2. The van der Waals surface area contributed by atoms with E-state index in [0.29, 0.717) is 0 Å². The van der Waals surface area contributed by atoms with Crippen molar-refractivity contribution in [3.8, 4) is 34.0 Å². The third-order valence-corrected chi connectivity index (χ3v) is 9.55. The van der Waals surface area contributed by atoms with Crippen LogP contribution in [0.2, 0.25) is 0 Å². The van der Waals surface area contributed by atoms with Gasteiger partial charge in [0.25, 0.3) is 0 Å². The van der Waals surface area contributed by atoms with Crippen molar-refractivity contribution in [3.63, 3.8) is 0 Å². The predicted molar refractivity (Wildman–Crippen MR) is 198 cm³/mol. The Balaban J connectivity index is 1.11. The first kappa shape index (κ1) is 26.7. The van der Waals surface area contributed by atoms with Crippen LogP contribution in [0.1, 0.15) is 0 Å².